The quantitative estimate of drug-likeness (QED) is 0.526. The number of benzene rings is 2. The fourth-order valence-corrected chi connectivity index (χ4v) is 2.89. The number of aromatic nitrogens is 6. The molecule has 3 aromatic heterocycles. The number of rotatable bonds is 3. The Bertz CT molecular complexity index is 1250. The molecule has 27 heavy (non-hydrogen) atoms. The maximum Gasteiger partial charge on any atom is 0.258 e. The van der Waals surface area contributed by atoms with Gasteiger partial charge in [-0.3, -0.25) is 4.98 Å². The van der Waals surface area contributed by atoms with Crippen LogP contribution in [0.2, 0.25) is 0 Å². The topological polar surface area (TPSA) is 93.4 Å². The van der Waals surface area contributed by atoms with Gasteiger partial charge in [0.1, 0.15) is 17.0 Å². The molecule has 2 aromatic carbocycles. The average molecular weight is 358 g/mol. The summed E-state index contributed by atoms with van der Waals surface area (Å²) in [6.45, 7) is 0. The summed E-state index contributed by atoms with van der Waals surface area (Å²) in [4.78, 5) is 8.41. The van der Waals surface area contributed by atoms with Gasteiger partial charge >= 0.3 is 0 Å². The number of H-pyrrole nitrogens is 1. The third-order valence-electron chi connectivity index (χ3n) is 4.14. The second-order valence-electron chi connectivity index (χ2n) is 5.84. The van der Waals surface area contributed by atoms with Gasteiger partial charge in [0.15, 0.2) is 5.69 Å². The highest BCUT2D eigenvalue weighted by Gasteiger charge is 2.19. The van der Waals surface area contributed by atoms with Crippen LogP contribution in [0, 0.1) is 5.82 Å². The molecule has 0 aliphatic rings. The molecule has 8 heteroatoms. The molecule has 5 aromatic rings. The van der Waals surface area contributed by atoms with Crippen LogP contribution in [0.1, 0.15) is 0 Å². The van der Waals surface area contributed by atoms with Gasteiger partial charge < -0.3 is 4.52 Å². The monoisotopic (exact) mass is 358 g/mol. The largest absolute Gasteiger partial charge is 0.334 e. The molecule has 0 saturated carbocycles. The number of nitrogens with zero attached hydrogens (tertiary/aromatic N) is 5. The Kier molecular flexibility index (Phi) is 3.46. The molecule has 0 saturated heterocycles. The van der Waals surface area contributed by atoms with Crippen molar-refractivity contribution in [3.8, 4) is 34.2 Å². The Hall–Kier alpha value is -3.94. The van der Waals surface area contributed by atoms with E-state index in [1.807, 2.05) is 30.3 Å². The number of hydrogen-bond acceptors (Lipinski definition) is 6. The predicted molar refractivity (Wildman–Crippen MR) is 95.8 cm³/mol. The van der Waals surface area contributed by atoms with Crippen LogP contribution in [0.25, 0.3) is 45.1 Å². The van der Waals surface area contributed by atoms with E-state index in [0.29, 0.717) is 27.9 Å². The Balaban J connectivity index is 1.58. The molecular weight excluding hydrogens is 347 g/mol. The van der Waals surface area contributed by atoms with E-state index >= 15 is 0 Å². The summed E-state index contributed by atoms with van der Waals surface area (Å²) in [7, 11) is 0. The van der Waals surface area contributed by atoms with E-state index < -0.39 is 5.82 Å². The third kappa shape index (κ3) is 2.63. The molecule has 5 rings (SSSR count). The summed E-state index contributed by atoms with van der Waals surface area (Å²) < 4.78 is 19.7. The SMILES string of the molecule is Fc1cc(-c2nc(-c3n[nH]nc3-c3ccccc3)no2)cc2cccnc12. The second-order valence-corrected chi connectivity index (χ2v) is 5.84. The smallest absolute Gasteiger partial charge is 0.258 e. The fourth-order valence-electron chi connectivity index (χ4n) is 2.89. The van der Waals surface area contributed by atoms with Crippen LogP contribution < -0.4 is 0 Å². The zero-order chi connectivity index (χ0) is 18.2. The molecular formula is C19H11FN6O. The van der Waals surface area contributed by atoms with Gasteiger partial charge in [-0.05, 0) is 18.2 Å². The van der Waals surface area contributed by atoms with E-state index in [1.54, 1.807) is 24.4 Å². The highest BCUT2D eigenvalue weighted by Crippen LogP contribution is 2.29. The van der Waals surface area contributed by atoms with Crippen LogP contribution in [0.15, 0.2) is 65.3 Å². The van der Waals surface area contributed by atoms with Gasteiger partial charge in [0, 0.05) is 22.7 Å². The standard InChI is InChI=1S/C19H11FN6O/c20-14-10-13(9-12-7-4-8-21-15(12)14)19-22-18(25-27-19)17-16(23-26-24-17)11-5-2-1-3-6-11/h1-10H,(H,23,24,26). The number of halogens is 1. The number of fused-ring (bicyclic) bond motifs is 1. The van der Waals surface area contributed by atoms with Gasteiger partial charge in [-0.25, -0.2) is 4.39 Å². The lowest BCUT2D eigenvalue weighted by molar-refractivity contribution is 0.432. The van der Waals surface area contributed by atoms with E-state index in [9.17, 15) is 4.39 Å². The molecule has 1 N–H and O–H groups in total. The lowest BCUT2D eigenvalue weighted by atomic mass is 10.1. The fraction of sp³-hybridized carbons (Fsp3) is 0. The third-order valence-corrected chi connectivity index (χ3v) is 4.14. The molecule has 3 heterocycles. The van der Waals surface area contributed by atoms with Crippen molar-refractivity contribution in [1.29, 1.82) is 0 Å². The molecule has 0 aliphatic carbocycles. The van der Waals surface area contributed by atoms with Crippen LogP contribution in [0.3, 0.4) is 0 Å². The summed E-state index contributed by atoms with van der Waals surface area (Å²) >= 11 is 0. The van der Waals surface area contributed by atoms with Gasteiger partial charge in [0.25, 0.3) is 5.89 Å². The summed E-state index contributed by atoms with van der Waals surface area (Å²) in [6.07, 6.45) is 1.55. The second kappa shape index (κ2) is 6.10. The zero-order valence-corrected chi connectivity index (χ0v) is 13.8. The average Bonchev–Trinajstić information content (AvgIpc) is 3.38. The van der Waals surface area contributed by atoms with Gasteiger partial charge in [-0.15, -0.1) is 0 Å². The first-order valence-corrected chi connectivity index (χ1v) is 8.14. The Labute approximate surface area is 151 Å². The van der Waals surface area contributed by atoms with Gasteiger partial charge in [-0.2, -0.15) is 20.4 Å². The summed E-state index contributed by atoms with van der Waals surface area (Å²) in [5.74, 6) is 0.00946. The maximum atomic E-state index is 14.3. The summed E-state index contributed by atoms with van der Waals surface area (Å²) in [6, 6.07) is 16.1. The van der Waals surface area contributed by atoms with Gasteiger partial charge in [0.2, 0.25) is 5.82 Å². The Morgan fingerprint density at radius 3 is 2.63 bits per heavy atom. The molecule has 0 radical (unpaired) electrons. The van der Waals surface area contributed by atoms with Crippen molar-refractivity contribution in [2.75, 3.05) is 0 Å². The Morgan fingerprint density at radius 1 is 0.889 bits per heavy atom. The lowest BCUT2D eigenvalue weighted by Gasteiger charge is -2.00. The predicted octanol–water partition coefficient (Wildman–Crippen LogP) is 3.88. The van der Waals surface area contributed by atoms with Crippen LogP contribution in [0.4, 0.5) is 4.39 Å². The Morgan fingerprint density at radius 2 is 1.74 bits per heavy atom. The van der Waals surface area contributed by atoms with Crippen molar-refractivity contribution in [3.05, 3.63) is 66.6 Å². The molecule has 0 aliphatic heterocycles. The van der Waals surface area contributed by atoms with Crippen molar-refractivity contribution in [1.82, 2.24) is 30.5 Å². The molecule has 7 nitrogen and oxygen atoms in total. The molecule has 0 atom stereocenters. The highest BCUT2D eigenvalue weighted by atomic mass is 19.1. The van der Waals surface area contributed by atoms with Crippen LogP contribution in [0.5, 0.6) is 0 Å². The number of hydrogen-bond donors (Lipinski definition) is 1. The normalized spacial score (nSPS) is 11.1. The van der Waals surface area contributed by atoms with Gasteiger partial charge in [-0.1, -0.05) is 41.6 Å². The minimum absolute atomic E-state index is 0.191. The van der Waals surface area contributed by atoms with Crippen molar-refractivity contribution in [3.63, 3.8) is 0 Å². The summed E-state index contributed by atoms with van der Waals surface area (Å²) in [5, 5.41) is 15.5. The van der Waals surface area contributed by atoms with E-state index in [-0.39, 0.29) is 11.7 Å². The van der Waals surface area contributed by atoms with Crippen LogP contribution in [-0.4, -0.2) is 30.5 Å². The minimum Gasteiger partial charge on any atom is -0.334 e. The number of nitrogens with one attached hydrogen (secondary N) is 1. The van der Waals surface area contributed by atoms with Gasteiger partial charge in [0.05, 0.1) is 0 Å². The maximum absolute atomic E-state index is 14.3. The minimum atomic E-state index is -0.450. The number of aromatic amines is 1. The molecule has 0 amide bonds. The molecule has 130 valence electrons. The number of pyridine rings is 1. The van der Waals surface area contributed by atoms with E-state index in [1.165, 1.54) is 6.07 Å². The summed E-state index contributed by atoms with van der Waals surface area (Å²) in [5.41, 5.74) is 2.70. The lowest BCUT2D eigenvalue weighted by Crippen LogP contribution is -1.88. The first kappa shape index (κ1) is 15.3. The van der Waals surface area contributed by atoms with Crippen LogP contribution >= 0.6 is 0 Å². The molecule has 0 fully saturated rings. The highest BCUT2D eigenvalue weighted by molar-refractivity contribution is 5.83. The van der Waals surface area contributed by atoms with Crippen molar-refractivity contribution < 1.29 is 8.91 Å². The molecule has 0 unspecified atom stereocenters. The van der Waals surface area contributed by atoms with E-state index in [0.717, 1.165) is 5.56 Å². The van der Waals surface area contributed by atoms with Crippen molar-refractivity contribution >= 4 is 10.9 Å². The van der Waals surface area contributed by atoms with E-state index in [4.69, 9.17) is 4.52 Å². The molecule has 0 bridgehead atoms. The first-order valence-electron chi connectivity index (χ1n) is 8.14. The zero-order valence-electron chi connectivity index (χ0n) is 13.8. The first-order chi connectivity index (χ1) is 13.3. The van der Waals surface area contributed by atoms with Crippen molar-refractivity contribution in [2.24, 2.45) is 0 Å². The van der Waals surface area contributed by atoms with E-state index in [2.05, 4.69) is 30.5 Å². The van der Waals surface area contributed by atoms with Crippen molar-refractivity contribution in [2.45, 2.75) is 0 Å². The van der Waals surface area contributed by atoms with Crippen LogP contribution in [-0.2, 0) is 0 Å². The molecule has 0 spiro atoms.